The van der Waals surface area contributed by atoms with E-state index >= 15 is 0 Å². The molecule has 2 heterocycles. The number of nitrogens with zero attached hydrogens (tertiary/aromatic N) is 2. The number of rotatable bonds is 2. The van der Waals surface area contributed by atoms with E-state index in [9.17, 15) is 4.39 Å². The fourth-order valence-electron chi connectivity index (χ4n) is 4.26. The Hall–Kier alpha value is -1.22. The van der Waals surface area contributed by atoms with Crippen LogP contribution in [0.1, 0.15) is 44.9 Å². The Morgan fingerprint density at radius 1 is 1.05 bits per heavy atom. The van der Waals surface area contributed by atoms with E-state index in [-0.39, 0.29) is 10.8 Å². The highest BCUT2D eigenvalue weighted by atomic mass is 35.5. The van der Waals surface area contributed by atoms with Crippen LogP contribution in [0.4, 0.5) is 10.1 Å². The van der Waals surface area contributed by atoms with Crippen molar-refractivity contribution >= 4 is 17.3 Å². The fourth-order valence-corrected chi connectivity index (χ4v) is 4.44. The number of hydrazine groups is 1. The Kier molecular flexibility index (Phi) is 3.77. The Morgan fingerprint density at radius 3 is 2.64 bits per heavy atom. The number of benzene rings is 1. The predicted octanol–water partition coefficient (Wildman–Crippen LogP) is 5.14. The van der Waals surface area contributed by atoms with Crippen LogP contribution < -0.4 is 5.01 Å². The second kappa shape index (κ2) is 5.77. The molecule has 0 amide bonds. The topological polar surface area (TPSA) is 6.48 Å². The SMILES string of the molecule is Fc1ccc(N2CC(C3CCCC3)=C3CCCCN32)cc1Cl. The summed E-state index contributed by atoms with van der Waals surface area (Å²) < 4.78 is 13.5. The molecule has 1 saturated carbocycles. The lowest BCUT2D eigenvalue weighted by atomic mass is 9.93. The molecule has 1 aromatic carbocycles. The van der Waals surface area contributed by atoms with Crippen molar-refractivity contribution in [2.75, 3.05) is 18.1 Å². The molecule has 4 rings (SSSR count). The van der Waals surface area contributed by atoms with Crippen LogP contribution in [0.3, 0.4) is 0 Å². The van der Waals surface area contributed by atoms with Crippen molar-refractivity contribution in [1.82, 2.24) is 5.01 Å². The third-order valence-electron chi connectivity index (χ3n) is 5.38. The van der Waals surface area contributed by atoms with Crippen LogP contribution in [0, 0.1) is 11.7 Å². The fraction of sp³-hybridized carbons (Fsp3) is 0.556. The second-order valence-electron chi connectivity index (χ2n) is 6.69. The van der Waals surface area contributed by atoms with Gasteiger partial charge in [0.15, 0.2) is 0 Å². The van der Waals surface area contributed by atoms with Crippen LogP contribution in [-0.2, 0) is 0 Å². The highest BCUT2D eigenvalue weighted by molar-refractivity contribution is 6.31. The summed E-state index contributed by atoms with van der Waals surface area (Å²) >= 11 is 6.00. The lowest BCUT2D eigenvalue weighted by Gasteiger charge is -2.36. The van der Waals surface area contributed by atoms with Gasteiger partial charge in [0.25, 0.3) is 0 Å². The quantitative estimate of drug-likeness (QED) is 0.744. The zero-order valence-electron chi connectivity index (χ0n) is 12.8. The third kappa shape index (κ3) is 2.40. The number of allylic oxidation sites excluding steroid dienone is 1. The zero-order valence-corrected chi connectivity index (χ0v) is 13.6. The molecule has 4 heteroatoms. The molecule has 0 atom stereocenters. The highest BCUT2D eigenvalue weighted by Gasteiger charge is 2.35. The summed E-state index contributed by atoms with van der Waals surface area (Å²) in [7, 11) is 0. The Balaban J connectivity index is 1.66. The molecule has 1 aliphatic carbocycles. The van der Waals surface area contributed by atoms with Gasteiger partial charge in [0.2, 0.25) is 0 Å². The van der Waals surface area contributed by atoms with E-state index in [1.54, 1.807) is 17.3 Å². The number of halogens is 2. The first-order valence-corrected chi connectivity index (χ1v) is 8.84. The maximum absolute atomic E-state index is 13.5. The lowest BCUT2D eigenvalue weighted by molar-refractivity contribution is 0.294. The van der Waals surface area contributed by atoms with E-state index in [0.717, 1.165) is 24.7 Å². The Bertz CT molecular complexity index is 607. The standard InChI is InChI=1S/C18H22ClFN2/c19-16-11-14(8-9-17(16)20)22-12-15(13-5-1-2-6-13)18-7-3-4-10-21(18)22/h8-9,11,13H,1-7,10,12H2. The van der Waals surface area contributed by atoms with Crippen molar-refractivity contribution in [2.24, 2.45) is 5.92 Å². The van der Waals surface area contributed by atoms with Crippen LogP contribution >= 0.6 is 11.6 Å². The molecule has 2 aliphatic heterocycles. The van der Waals surface area contributed by atoms with Crippen LogP contribution in [0.25, 0.3) is 0 Å². The van der Waals surface area contributed by atoms with Crippen molar-refractivity contribution in [1.29, 1.82) is 0 Å². The predicted molar refractivity (Wildman–Crippen MR) is 88.3 cm³/mol. The zero-order chi connectivity index (χ0) is 15.1. The number of piperidine rings is 1. The number of fused-ring (bicyclic) bond motifs is 1. The molecule has 1 saturated heterocycles. The maximum Gasteiger partial charge on any atom is 0.141 e. The number of hydrogen-bond acceptors (Lipinski definition) is 2. The molecule has 2 nitrogen and oxygen atoms in total. The normalized spacial score (nSPS) is 22.6. The number of anilines is 1. The van der Waals surface area contributed by atoms with Crippen molar-refractivity contribution in [3.05, 3.63) is 40.3 Å². The summed E-state index contributed by atoms with van der Waals surface area (Å²) in [6.45, 7) is 2.03. The molecule has 0 bridgehead atoms. The van der Waals surface area contributed by atoms with E-state index < -0.39 is 0 Å². The molecule has 0 N–H and O–H groups in total. The van der Waals surface area contributed by atoms with Gasteiger partial charge in [-0.25, -0.2) is 4.39 Å². The minimum Gasteiger partial charge on any atom is -0.289 e. The van der Waals surface area contributed by atoms with Gasteiger partial charge >= 0.3 is 0 Å². The van der Waals surface area contributed by atoms with Gasteiger partial charge in [-0.15, -0.1) is 0 Å². The first kappa shape index (κ1) is 14.4. The van der Waals surface area contributed by atoms with Gasteiger partial charge < -0.3 is 0 Å². The first-order chi connectivity index (χ1) is 10.7. The van der Waals surface area contributed by atoms with Gasteiger partial charge in [-0.3, -0.25) is 10.0 Å². The van der Waals surface area contributed by atoms with Gasteiger partial charge in [0.1, 0.15) is 5.82 Å². The molecule has 0 spiro atoms. The molecule has 118 valence electrons. The van der Waals surface area contributed by atoms with Gasteiger partial charge in [-0.1, -0.05) is 24.4 Å². The largest absolute Gasteiger partial charge is 0.289 e. The monoisotopic (exact) mass is 320 g/mol. The van der Waals surface area contributed by atoms with E-state index in [0.29, 0.717) is 0 Å². The highest BCUT2D eigenvalue weighted by Crippen LogP contribution is 2.42. The van der Waals surface area contributed by atoms with Gasteiger partial charge in [-0.2, -0.15) is 0 Å². The Morgan fingerprint density at radius 2 is 1.86 bits per heavy atom. The molecule has 22 heavy (non-hydrogen) atoms. The van der Waals surface area contributed by atoms with E-state index in [1.807, 2.05) is 6.07 Å². The van der Waals surface area contributed by atoms with Crippen LogP contribution in [0.5, 0.6) is 0 Å². The summed E-state index contributed by atoms with van der Waals surface area (Å²) in [5, 5.41) is 4.96. The molecule has 0 aromatic heterocycles. The summed E-state index contributed by atoms with van der Waals surface area (Å²) in [4.78, 5) is 0. The minimum absolute atomic E-state index is 0.213. The minimum atomic E-state index is -0.340. The third-order valence-corrected chi connectivity index (χ3v) is 5.67. The average Bonchev–Trinajstić information content (AvgIpc) is 3.17. The van der Waals surface area contributed by atoms with Crippen molar-refractivity contribution in [3.63, 3.8) is 0 Å². The van der Waals surface area contributed by atoms with Gasteiger partial charge in [0.05, 0.1) is 17.3 Å². The lowest BCUT2D eigenvalue weighted by Crippen LogP contribution is -2.40. The van der Waals surface area contributed by atoms with Gasteiger partial charge in [0, 0.05) is 12.2 Å². The van der Waals surface area contributed by atoms with E-state index in [4.69, 9.17) is 11.6 Å². The summed E-state index contributed by atoms with van der Waals surface area (Å²) in [6.07, 6.45) is 9.12. The average molecular weight is 321 g/mol. The van der Waals surface area contributed by atoms with Gasteiger partial charge in [-0.05, 0) is 61.8 Å². The van der Waals surface area contributed by atoms with E-state index in [1.165, 1.54) is 51.0 Å². The molecular weight excluding hydrogens is 299 g/mol. The summed E-state index contributed by atoms with van der Waals surface area (Å²) in [5.74, 6) is 0.420. The molecule has 2 fully saturated rings. The number of hydrogen-bond donors (Lipinski definition) is 0. The second-order valence-corrected chi connectivity index (χ2v) is 7.10. The van der Waals surface area contributed by atoms with Crippen molar-refractivity contribution in [3.8, 4) is 0 Å². The van der Waals surface area contributed by atoms with Crippen molar-refractivity contribution in [2.45, 2.75) is 44.9 Å². The van der Waals surface area contributed by atoms with Crippen LogP contribution in [0.15, 0.2) is 29.5 Å². The molecule has 0 unspecified atom stereocenters. The summed E-state index contributed by atoms with van der Waals surface area (Å²) in [5.41, 5.74) is 4.19. The summed E-state index contributed by atoms with van der Waals surface area (Å²) in [6, 6.07) is 5.10. The molecular formula is C18H22ClFN2. The molecule has 0 radical (unpaired) electrons. The molecule has 1 aromatic rings. The van der Waals surface area contributed by atoms with E-state index in [2.05, 4.69) is 10.0 Å². The Labute approximate surface area is 136 Å². The smallest absolute Gasteiger partial charge is 0.141 e. The van der Waals surface area contributed by atoms with Crippen LogP contribution in [0.2, 0.25) is 5.02 Å². The first-order valence-electron chi connectivity index (χ1n) is 8.46. The maximum atomic E-state index is 13.5. The molecule has 3 aliphatic rings. The van der Waals surface area contributed by atoms with Crippen LogP contribution in [-0.4, -0.2) is 18.1 Å². The van der Waals surface area contributed by atoms with Crippen molar-refractivity contribution < 1.29 is 4.39 Å².